The lowest BCUT2D eigenvalue weighted by atomic mass is 10.0. The summed E-state index contributed by atoms with van der Waals surface area (Å²) >= 11 is 0. The van der Waals surface area contributed by atoms with E-state index in [1.807, 2.05) is 0 Å². The van der Waals surface area contributed by atoms with Crippen LogP contribution in [0.1, 0.15) is 115 Å². The van der Waals surface area contributed by atoms with Crippen LogP contribution in [0.5, 0.6) is 0 Å². The van der Waals surface area contributed by atoms with Gasteiger partial charge in [-0.25, -0.2) is 0 Å². The Morgan fingerprint density at radius 2 is 1.00 bits per heavy atom. The van der Waals surface area contributed by atoms with Crippen molar-refractivity contribution in [2.45, 2.75) is 116 Å². The molecule has 0 aliphatic heterocycles. The monoisotopic (exact) mass is 512 g/mol. The van der Waals surface area contributed by atoms with E-state index in [1.54, 1.807) is 0 Å². The minimum absolute atomic E-state index is 0.234. The second kappa shape index (κ2) is 21.4. The maximum atomic E-state index is 10.2. The molecule has 2 rings (SSSR count). The quantitative estimate of drug-likeness (QED) is 0.139. The molecule has 0 saturated carbocycles. The zero-order chi connectivity index (χ0) is 26.3. The second-order valence-electron chi connectivity index (χ2n) is 10.7. The van der Waals surface area contributed by atoms with Crippen LogP contribution in [-0.4, -0.2) is 19.3 Å². The third-order valence-corrected chi connectivity index (χ3v) is 9.71. The molecule has 0 saturated heterocycles. The van der Waals surface area contributed by atoms with E-state index in [-0.39, 0.29) is 6.42 Å². The first-order valence-electron chi connectivity index (χ1n) is 14.6. The van der Waals surface area contributed by atoms with Crippen LogP contribution >= 0.6 is 7.26 Å². The fourth-order valence-corrected chi connectivity index (χ4v) is 6.89. The minimum Gasteiger partial charge on any atom is -0.550 e. The SMILES string of the molecule is CCCCCCCCCCCCCCCCCC(=O)[O-].C[P+](C)(Cc1ccccc1)c1ccccc1. The molecule has 0 N–H and O–H groups in total. The number of hydrogen-bond acceptors (Lipinski definition) is 2. The molecule has 0 unspecified atom stereocenters. The average molecular weight is 513 g/mol. The van der Waals surface area contributed by atoms with Crippen molar-refractivity contribution < 1.29 is 9.90 Å². The number of carbonyl (C=O) groups is 1. The lowest BCUT2D eigenvalue weighted by Crippen LogP contribution is -2.21. The molecule has 202 valence electrons. The van der Waals surface area contributed by atoms with Gasteiger partial charge in [0.05, 0.1) is 24.8 Å². The van der Waals surface area contributed by atoms with E-state index >= 15 is 0 Å². The number of carbonyl (C=O) groups excluding carboxylic acids is 1. The third-order valence-electron chi connectivity index (χ3n) is 6.86. The Labute approximate surface area is 223 Å². The summed E-state index contributed by atoms with van der Waals surface area (Å²) in [6.45, 7) is 7.09. The van der Waals surface area contributed by atoms with Crippen molar-refractivity contribution in [3.8, 4) is 0 Å². The molecular formula is C33H53O2P. The van der Waals surface area contributed by atoms with Crippen molar-refractivity contribution in [2.75, 3.05) is 13.3 Å². The highest BCUT2D eigenvalue weighted by molar-refractivity contribution is 7.80. The van der Waals surface area contributed by atoms with E-state index in [1.165, 1.54) is 101 Å². The van der Waals surface area contributed by atoms with E-state index in [2.05, 4.69) is 80.9 Å². The predicted molar refractivity (Wildman–Crippen MR) is 160 cm³/mol. The van der Waals surface area contributed by atoms with Crippen molar-refractivity contribution in [1.82, 2.24) is 0 Å². The molecule has 2 aromatic rings. The summed E-state index contributed by atoms with van der Waals surface area (Å²) in [6, 6.07) is 21.7. The van der Waals surface area contributed by atoms with Gasteiger partial charge in [0.2, 0.25) is 0 Å². The Bertz CT molecular complexity index is 758. The zero-order valence-corrected chi connectivity index (χ0v) is 24.5. The molecule has 0 fully saturated rings. The number of benzene rings is 2. The number of carboxylic acids is 1. The van der Waals surface area contributed by atoms with Crippen LogP contribution in [0.2, 0.25) is 0 Å². The summed E-state index contributed by atoms with van der Waals surface area (Å²) in [4.78, 5) is 10.2. The summed E-state index contributed by atoms with van der Waals surface area (Å²) in [5.74, 6) is -0.903. The van der Waals surface area contributed by atoms with Crippen LogP contribution < -0.4 is 10.4 Å². The largest absolute Gasteiger partial charge is 0.550 e. The Hall–Kier alpha value is -1.66. The van der Waals surface area contributed by atoms with E-state index in [0.717, 1.165) is 12.8 Å². The first-order chi connectivity index (χ1) is 17.5. The minimum atomic E-state index is -1.02. The maximum Gasteiger partial charge on any atom is 0.0937 e. The normalized spacial score (nSPS) is 11.1. The van der Waals surface area contributed by atoms with Gasteiger partial charge in [-0.2, -0.15) is 0 Å². The third kappa shape index (κ3) is 17.7. The highest BCUT2D eigenvalue weighted by Crippen LogP contribution is 2.52. The molecule has 0 bridgehead atoms. The molecule has 0 heterocycles. The summed E-state index contributed by atoms with van der Waals surface area (Å²) in [5.41, 5.74) is 1.45. The van der Waals surface area contributed by atoms with Gasteiger partial charge in [-0.1, -0.05) is 145 Å². The lowest BCUT2D eigenvalue weighted by molar-refractivity contribution is -0.305. The van der Waals surface area contributed by atoms with Gasteiger partial charge in [-0.05, 0) is 30.5 Å². The van der Waals surface area contributed by atoms with Gasteiger partial charge >= 0.3 is 0 Å². The maximum absolute atomic E-state index is 10.2. The Balaban J connectivity index is 0.000000367. The van der Waals surface area contributed by atoms with E-state index < -0.39 is 13.2 Å². The number of aliphatic carboxylic acids is 1. The molecule has 0 aliphatic carbocycles. The van der Waals surface area contributed by atoms with Crippen LogP contribution in [0.3, 0.4) is 0 Å². The van der Waals surface area contributed by atoms with Crippen molar-refractivity contribution >= 4 is 18.5 Å². The van der Waals surface area contributed by atoms with Gasteiger partial charge < -0.3 is 9.90 Å². The second-order valence-corrected chi connectivity index (χ2v) is 14.9. The van der Waals surface area contributed by atoms with Crippen molar-refractivity contribution in [2.24, 2.45) is 0 Å². The number of hydrogen-bond donors (Lipinski definition) is 0. The molecule has 2 aromatic carbocycles. The topological polar surface area (TPSA) is 40.1 Å². The van der Waals surface area contributed by atoms with Gasteiger partial charge in [-0.3, -0.25) is 0 Å². The van der Waals surface area contributed by atoms with Gasteiger partial charge in [0.15, 0.2) is 0 Å². The fraction of sp³-hybridized carbons (Fsp3) is 0.606. The van der Waals surface area contributed by atoms with E-state index in [0.29, 0.717) is 0 Å². The van der Waals surface area contributed by atoms with Crippen LogP contribution in [-0.2, 0) is 11.0 Å². The van der Waals surface area contributed by atoms with Crippen molar-refractivity contribution in [3.05, 3.63) is 66.2 Å². The molecular weight excluding hydrogens is 459 g/mol. The van der Waals surface area contributed by atoms with Crippen LogP contribution in [0.25, 0.3) is 0 Å². The van der Waals surface area contributed by atoms with E-state index in [4.69, 9.17) is 0 Å². The van der Waals surface area contributed by atoms with Gasteiger partial charge in [-0.15, -0.1) is 0 Å². The summed E-state index contributed by atoms with van der Waals surface area (Å²) in [5, 5.41) is 11.7. The van der Waals surface area contributed by atoms with Gasteiger partial charge in [0.25, 0.3) is 0 Å². The van der Waals surface area contributed by atoms with E-state index in [9.17, 15) is 9.90 Å². The molecule has 0 aliphatic rings. The molecule has 0 amide bonds. The zero-order valence-electron chi connectivity index (χ0n) is 23.6. The van der Waals surface area contributed by atoms with Crippen LogP contribution in [0.4, 0.5) is 0 Å². The molecule has 0 atom stereocenters. The number of unbranched alkanes of at least 4 members (excludes halogenated alkanes) is 14. The first kappa shape index (κ1) is 32.4. The van der Waals surface area contributed by atoms with Gasteiger partial charge in [0, 0.05) is 13.2 Å². The summed E-state index contributed by atoms with van der Waals surface area (Å²) < 4.78 is 0. The number of carboxylic acid groups (broad SMARTS) is 1. The molecule has 3 heteroatoms. The molecule has 36 heavy (non-hydrogen) atoms. The fourth-order valence-electron chi connectivity index (χ4n) is 4.60. The van der Waals surface area contributed by atoms with Gasteiger partial charge in [0.1, 0.15) is 0 Å². The van der Waals surface area contributed by atoms with Crippen molar-refractivity contribution in [3.63, 3.8) is 0 Å². The van der Waals surface area contributed by atoms with Crippen LogP contribution in [0.15, 0.2) is 60.7 Å². The molecule has 0 radical (unpaired) electrons. The molecule has 0 aromatic heterocycles. The molecule has 0 spiro atoms. The highest BCUT2D eigenvalue weighted by atomic mass is 31.2. The summed E-state index contributed by atoms with van der Waals surface area (Å²) in [6.07, 6.45) is 21.1. The summed E-state index contributed by atoms with van der Waals surface area (Å²) in [7, 11) is -1.02. The predicted octanol–water partition coefficient (Wildman–Crippen LogP) is 8.79. The lowest BCUT2D eigenvalue weighted by Gasteiger charge is -2.17. The number of rotatable bonds is 19. The highest BCUT2D eigenvalue weighted by Gasteiger charge is 2.28. The van der Waals surface area contributed by atoms with Crippen molar-refractivity contribution in [1.29, 1.82) is 0 Å². The van der Waals surface area contributed by atoms with Crippen LogP contribution in [0, 0.1) is 0 Å². The smallest absolute Gasteiger partial charge is 0.0937 e. The average Bonchev–Trinajstić information content (AvgIpc) is 2.87. The first-order valence-corrected chi connectivity index (χ1v) is 17.4. The Morgan fingerprint density at radius 1 is 0.611 bits per heavy atom. The Morgan fingerprint density at radius 3 is 1.42 bits per heavy atom. The standard InChI is InChI=1S/C18H36O2.C15H18P/c1-2-3-4-5-6-7-8-9-10-11-12-13-14-15-16-17-18(19)20;1-16(2,15-11-7-4-8-12-15)13-14-9-5-3-6-10-14/h2-17H2,1H3,(H,19,20);3-12H,13H2,1-2H3/q;+1/p-1. The molecule has 2 nitrogen and oxygen atoms in total. The Kier molecular flexibility index (Phi) is 19.3.